The van der Waals surface area contributed by atoms with Crippen molar-refractivity contribution in [2.24, 2.45) is 5.73 Å². The van der Waals surface area contributed by atoms with E-state index < -0.39 is 0 Å². The van der Waals surface area contributed by atoms with Crippen LogP contribution in [-0.4, -0.2) is 60.5 Å². The number of nitrogens with zero attached hydrogens (tertiary/aromatic N) is 6. The van der Waals surface area contributed by atoms with Gasteiger partial charge in [-0.3, -0.25) is 9.88 Å². The minimum atomic E-state index is -0.142. The Hall–Kier alpha value is -3.15. The summed E-state index contributed by atoms with van der Waals surface area (Å²) < 4.78 is 0. The van der Waals surface area contributed by atoms with Crippen molar-refractivity contribution in [1.29, 1.82) is 5.26 Å². The van der Waals surface area contributed by atoms with Gasteiger partial charge in [0.25, 0.3) is 0 Å². The first-order valence-corrected chi connectivity index (χ1v) is 12.0. The maximum Gasteiger partial charge on any atom is 0.141 e. The smallest absolute Gasteiger partial charge is 0.141 e. The number of nitrogens with two attached hydrogens (primary N) is 1. The van der Waals surface area contributed by atoms with Gasteiger partial charge < -0.3 is 15.5 Å². The number of piperazine rings is 1. The monoisotopic (exact) mass is 449 g/mol. The summed E-state index contributed by atoms with van der Waals surface area (Å²) in [6.07, 6.45) is 0.992. The van der Waals surface area contributed by atoms with Gasteiger partial charge in [0, 0.05) is 55.4 Å². The van der Waals surface area contributed by atoms with Crippen LogP contribution in [0.3, 0.4) is 0 Å². The zero-order valence-electron chi connectivity index (χ0n) is 19.7. The minimum absolute atomic E-state index is 0.142. The van der Waals surface area contributed by atoms with E-state index in [1.54, 1.807) is 0 Å². The molecular weight excluding hydrogens is 421 g/mol. The second kappa shape index (κ2) is 7.69. The fourth-order valence-corrected chi connectivity index (χ4v) is 5.90. The third kappa shape index (κ3) is 3.42. The Bertz CT molecular complexity index is 1330. The van der Waals surface area contributed by atoms with Crippen molar-refractivity contribution in [2.45, 2.75) is 44.4 Å². The van der Waals surface area contributed by atoms with Crippen LogP contribution in [0.1, 0.15) is 43.1 Å². The van der Waals surface area contributed by atoms with Crippen molar-refractivity contribution in [2.75, 3.05) is 36.0 Å². The standard InChI is InChI=1S/C26H28BN7/c1-16-12-33(21-6-3-17(11-28)25-19(21)4-7-23(27)31-25)14-22-18-5-8-24(30-20(18)13-34(16)22)32-10-9-26(2,29)15-32/h3-8,16,22H,9-10,12-15,29H2,1-2H3/t16-,22-,26+/m1/s1. The van der Waals surface area contributed by atoms with Crippen molar-refractivity contribution in [1.82, 2.24) is 14.9 Å². The SMILES string of the molecule is [B]c1ccc2c(N3C[C@@H](C)N4Cc5nc(N6CC[C@](C)(N)C6)ccc5[C@H]4C3)ccc(C#N)c2n1. The van der Waals surface area contributed by atoms with Crippen molar-refractivity contribution in [3.05, 3.63) is 53.2 Å². The highest BCUT2D eigenvalue weighted by Gasteiger charge is 2.40. The van der Waals surface area contributed by atoms with Crippen molar-refractivity contribution in [3.63, 3.8) is 0 Å². The van der Waals surface area contributed by atoms with E-state index >= 15 is 0 Å². The van der Waals surface area contributed by atoms with E-state index in [1.807, 2.05) is 18.2 Å². The summed E-state index contributed by atoms with van der Waals surface area (Å²) in [5, 5.41) is 10.5. The highest BCUT2D eigenvalue weighted by Crippen LogP contribution is 2.41. The molecule has 0 unspecified atom stereocenters. The van der Waals surface area contributed by atoms with Crippen LogP contribution in [0.15, 0.2) is 36.4 Å². The summed E-state index contributed by atoms with van der Waals surface area (Å²) in [6.45, 7) is 8.86. The van der Waals surface area contributed by atoms with Gasteiger partial charge in [0.2, 0.25) is 0 Å². The molecule has 3 atom stereocenters. The Kier molecular flexibility index (Phi) is 4.84. The third-order valence-electron chi connectivity index (χ3n) is 7.68. The number of rotatable bonds is 2. The van der Waals surface area contributed by atoms with Crippen molar-refractivity contribution in [3.8, 4) is 6.07 Å². The lowest BCUT2D eigenvalue weighted by Gasteiger charge is -2.43. The number of pyridine rings is 2. The Morgan fingerprint density at radius 3 is 2.74 bits per heavy atom. The first-order valence-electron chi connectivity index (χ1n) is 12.0. The Morgan fingerprint density at radius 2 is 1.97 bits per heavy atom. The molecule has 5 heterocycles. The number of hydrogen-bond donors (Lipinski definition) is 1. The van der Waals surface area contributed by atoms with Crippen LogP contribution in [0.5, 0.6) is 0 Å². The van der Waals surface area contributed by atoms with Crippen molar-refractivity contribution < 1.29 is 0 Å². The molecule has 8 heteroatoms. The van der Waals surface area contributed by atoms with Crippen LogP contribution in [-0.2, 0) is 6.54 Å². The maximum absolute atomic E-state index is 9.56. The number of fused-ring (bicyclic) bond motifs is 4. The molecule has 3 aromatic rings. The Morgan fingerprint density at radius 1 is 1.12 bits per heavy atom. The molecule has 2 aromatic heterocycles. The number of hydrogen-bond acceptors (Lipinski definition) is 7. The zero-order valence-corrected chi connectivity index (χ0v) is 19.7. The molecular formula is C26H28BN7. The van der Waals surface area contributed by atoms with Gasteiger partial charge in [-0.25, -0.2) is 4.98 Å². The van der Waals surface area contributed by atoms with Gasteiger partial charge >= 0.3 is 0 Å². The molecule has 34 heavy (non-hydrogen) atoms. The van der Waals surface area contributed by atoms with Gasteiger partial charge in [0.1, 0.15) is 19.7 Å². The van der Waals surface area contributed by atoms with Gasteiger partial charge in [-0.2, -0.15) is 5.26 Å². The minimum Gasteiger partial charge on any atom is -0.368 e. The maximum atomic E-state index is 9.56. The lowest BCUT2D eigenvalue weighted by molar-refractivity contribution is 0.133. The van der Waals surface area contributed by atoms with Gasteiger partial charge in [-0.05, 0) is 55.7 Å². The number of nitriles is 1. The van der Waals surface area contributed by atoms with E-state index in [4.69, 9.17) is 18.6 Å². The molecule has 0 bridgehead atoms. The average Bonchev–Trinajstić information content (AvgIpc) is 3.37. The first kappa shape index (κ1) is 21.4. The van der Waals surface area contributed by atoms with Crippen molar-refractivity contribution >= 4 is 35.8 Å². The predicted molar refractivity (Wildman–Crippen MR) is 135 cm³/mol. The highest BCUT2D eigenvalue weighted by atomic mass is 15.3. The molecule has 0 amide bonds. The summed E-state index contributed by atoms with van der Waals surface area (Å²) in [6, 6.07) is 15.0. The summed E-state index contributed by atoms with van der Waals surface area (Å²) in [7, 11) is 5.94. The molecule has 2 fully saturated rings. The molecule has 2 radical (unpaired) electrons. The van der Waals surface area contributed by atoms with Crippen LogP contribution in [0.2, 0.25) is 0 Å². The van der Waals surface area contributed by atoms with E-state index in [0.717, 1.165) is 56.0 Å². The Labute approximate surface area is 201 Å². The van der Waals surface area contributed by atoms with Gasteiger partial charge in [0.15, 0.2) is 0 Å². The fourth-order valence-electron chi connectivity index (χ4n) is 5.90. The van der Waals surface area contributed by atoms with E-state index in [1.165, 1.54) is 11.3 Å². The predicted octanol–water partition coefficient (Wildman–Crippen LogP) is 1.99. The van der Waals surface area contributed by atoms with Crippen LogP contribution in [0.25, 0.3) is 10.9 Å². The highest BCUT2D eigenvalue weighted by molar-refractivity contribution is 6.31. The van der Waals surface area contributed by atoms with Crippen LogP contribution >= 0.6 is 0 Å². The van der Waals surface area contributed by atoms with Crippen LogP contribution < -0.4 is 21.1 Å². The molecule has 3 aliphatic rings. The van der Waals surface area contributed by atoms with E-state index in [9.17, 15) is 5.26 Å². The molecule has 3 aliphatic heterocycles. The summed E-state index contributed by atoms with van der Waals surface area (Å²) in [5.74, 6) is 1.04. The van der Waals surface area contributed by atoms with Crippen LogP contribution in [0.4, 0.5) is 11.5 Å². The molecule has 2 saturated heterocycles. The number of benzene rings is 1. The lowest BCUT2D eigenvalue weighted by Crippen LogP contribution is -2.51. The Balaban J connectivity index is 1.33. The first-order chi connectivity index (χ1) is 16.3. The zero-order chi connectivity index (χ0) is 23.6. The second-order valence-electron chi connectivity index (χ2n) is 10.3. The third-order valence-corrected chi connectivity index (χ3v) is 7.68. The van der Waals surface area contributed by atoms with E-state index in [-0.39, 0.29) is 11.6 Å². The molecule has 0 aliphatic carbocycles. The molecule has 170 valence electrons. The summed E-state index contributed by atoms with van der Waals surface area (Å²) in [5.41, 5.74) is 11.5. The number of aromatic nitrogens is 2. The molecule has 2 N–H and O–H groups in total. The summed E-state index contributed by atoms with van der Waals surface area (Å²) >= 11 is 0. The molecule has 7 nitrogen and oxygen atoms in total. The molecule has 0 spiro atoms. The normalized spacial score (nSPS) is 26.5. The topological polar surface area (TPSA) is 85.3 Å². The number of anilines is 2. The second-order valence-corrected chi connectivity index (χ2v) is 10.3. The largest absolute Gasteiger partial charge is 0.368 e. The van der Waals surface area contributed by atoms with Crippen LogP contribution in [0, 0.1) is 11.3 Å². The van der Waals surface area contributed by atoms with Gasteiger partial charge in [-0.1, -0.05) is 12.1 Å². The summed E-state index contributed by atoms with van der Waals surface area (Å²) in [4.78, 5) is 16.9. The fraction of sp³-hybridized carbons (Fsp3) is 0.423. The molecule has 0 saturated carbocycles. The van der Waals surface area contributed by atoms with E-state index in [0.29, 0.717) is 22.7 Å². The molecule has 1 aromatic carbocycles. The lowest BCUT2D eigenvalue weighted by atomic mass is 9.98. The van der Waals surface area contributed by atoms with Gasteiger partial charge in [-0.15, -0.1) is 0 Å². The quantitative estimate of drug-likeness (QED) is 0.599. The van der Waals surface area contributed by atoms with Gasteiger partial charge in [0.05, 0.1) is 22.8 Å². The average molecular weight is 449 g/mol. The van der Waals surface area contributed by atoms with E-state index in [2.05, 4.69) is 57.8 Å². The molecule has 6 rings (SSSR count).